The van der Waals surface area contributed by atoms with Gasteiger partial charge in [-0.1, -0.05) is 0 Å². The van der Waals surface area contributed by atoms with Gasteiger partial charge in [-0.2, -0.15) is 0 Å². The van der Waals surface area contributed by atoms with Gasteiger partial charge in [0, 0.05) is 21.7 Å². The van der Waals surface area contributed by atoms with E-state index in [0.29, 0.717) is 9.50 Å². The van der Waals surface area contributed by atoms with E-state index in [4.69, 9.17) is 5.11 Å². The lowest BCUT2D eigenvalue weighted by atomic mass is 10.3. The molecular formula is C10H7BrN2O2S2. The standard InChI is InChI=1S/C10H7BrN2O2S2/c1-5-4-16-10(13-5)17-8-7(9(14)15)2-6(11)3-12-8/h2-4H,1H3,(H,14,15). The number of thiazole rings is 1. The molecule has 0 aliphatic heterocycles. The van der Waals surface area contributed by atoms with Gasteiger partial charge in [-0.15, -0.1) is 11.3 Å². The molecule has 0 atom stereocenters. The summed E-state index contributed by atoms with van der Waals surface area (Å²) in [5.74, 6) is -0.991. The van der Waals surface area contributed by atoms with Crippen molar-refractivity contribution in [3.63, 3.8) is 0 Å². The summed E-state index contributed by atoms with van der Waals surface area (Å²) >= 11 is 5.95. The zero-order chi connectivity index (χ0) is 12.4. The minimum Gasteiger partial charge on any atom is -0.478 e. The molecule has 4 nitrogen and oxygen atoms in total. The van der Waals surface area contributed by atoms with Crippen molar-refractivity contribution in [1.29, 1.82) is 0 Å². The SMILES string of the molecule is Cc1csc(Sc2ncc(Br)cc2C(=O)O)n1. The molecule has 0 aliphatic rings. The molecule has 2 heterocycles. The van der Waals surface area contributed by atoms with Gasteiger partial charge in [-0.25, -0.2) is 14.8 Å². The van der Waals surface area contributed by atoms with Crippen molar-refractivity contribution in [2.24, 2.45) is 0 Å². The summed E-state index contributed by atoms with van der Waals surface area (Å²) in [6, 6.07) is 1.54. The molecule has 7 heteroatoms. The Morgan fingerprint density at radius 1 is 1.59 bits per heavy atom. The Morgan fingerprint density at radius 3 is 2.94 bits per heavy atom. The van der Waals surface area contributed by atoms with Crippen molar-refractivity contribution >= 4 is 45.0 Å². The number of rotatable bonds is 3. The van der Waals surface area contributed by atoms with Crippen molar-refractivity contribution in [3.05, 3.63) is 33.4 Å². The fourth-order valence-electron chi connectivity index (χ4n) is 1.12. The quantitative estimate of drug-likeness (QED) is 0.933. The van der Waals surface area contributed by atoms with Crippen LogP contribution in [0.25, 0.3) is 0 Å². The van der Waals surface area contributed by atoms with Gasteiger partial charge < -0.3 is 5.11 Å². The van der Waals surface area contributed by atoms with E-state index in [-0.39, 0.29) is 5.56 Å². The first kappa shape index (κ1) is 12.5. The highest BCUT2D eigenvalue weighted by atomic mass is 79.9. The van der Waals surface area contributed by atoms with Gasteiger partial charge in [0.1, 0.15) is 5.03 Å². The molecule has 2 aromatic heterocycles. The molecule has 0 amide bonds. The molecule has 0 bridgehead atoms. The third kappa shape index (κ3) is 3.05. The molecule has 2 aromatic rings. The summed E-state index contributed by atoms with van der Waals surface area (Å²) in [6.45, 7) is 1.90. The summed E-state index contributed by atoms with van der Waals surface area (Å²) in [7, 11) is 0. The Kier molecular flexibility index (Phi) is 3.80. The van der Waals surface area contributed by atoms with E-state index in [9.17, 15) is 4.79 Å². The van der Waals surface area contributed by atoms with E-state index in [2.05, 4.69) is 25.9 Å². The number of carboxylic acids is 1. The van der Waals surface area contributed by atoms with Crippen molar-refractivity contribution in [2.45, 2.75) is 16.3 Å². The van der Waals surface area contributed by atoms with Crippen LogP contribution in [0.1, 0.15) is 16.1 Å². The normalized spacial score (nSPS) is 10.5. The Labute approximate surface area is 114 Å². The molecule has 2 rings (SSSR count). The molecule has 0 spiro atoms. The van der Waals surface area contributed by atoms with E-state index in [1.807, 2.05) is 12.3 Å². The molecule has 0 unspecified atom stereocenters. The lowest BCUT2D eigenvalue weighted by molar-refractivity contribution is 0.0692. The molecular weight excluding hydrogens is 324 g/mol. The Morgan fingerprint density at radius 2 is 2.35 bits per heavy atom. The van der Waals surface area contributed by atoms with E-state index >= 15 is 0 Å². The molecule has 0 fully saturated rings. The van der Waals surface area contributed by atoms with E-state index in [0.717, 1.165) is 10.0 Å². The second-order valence-electron chi connectivity index (χ2n) is 3.17. The number of nitrogens with zero attached hydrogens (tertiary/aromatic N) is 2. The molecule has 17 heavy (non-hydrogen) atoms. The molecule has 88 valence electrons. The van der Waals surface area contributed by atoms with Crippen LogP contribution in [0, 0.1) is 6.92 Å². The molecule has 0 aliphatic carbocycles. The number of aromatic nitrogens is 2. The predicted octanol–water partition coefficient (Wildman–Crippen LogP) is 3.46. The second kappa shape index (κ2) is 5.16. The highest BCUT2D eigenvalue weighted by molar-refractivity contribution is 9.10. The molecule has 0 radical (unpaired) electrons. The number of aromatic carboxylic acids is 1. The molecule has 0 saturated heterocycles. The van der Waals surface area contributed by atoms with Crippen LogP contribution in [-0.4, -0.2) is 21.0 Å². The van der Waals surface area contributed by atoms with Crippen molar-refractivity contribution < 1.29 is 9.90 Å². The van der Waals surface area contributed by atoms with Crippen molar-refractivity contribution in [3.8, 4) is 0 Å². The third-order valence-corrected chi connectivity index (χ3v) is 4.34. The minimum absolute atomic E-state index is 0.178. The highest BCUT2D eigenvalue weighted by Gasteiger charge is 2.14. The van der Waals surface area contributed by atoms with Gasteiger partial charge in [0.2, 0.25) is 0 Å². The Bertz CT molecular complexity index is 571. The fraction of sp³-hybridized carbons (Fsp3) is 0.100. The summed E-state index contributed by atoms with van der Waals surface area (Å²) < 4.78 is 1.44. The van der Waals surface area contributed by atoms with Crippen LogP contribution < -0.4 is 0 Å². The van der Waals surface area contributed by atoms with Gasteiger partial charge in [0.05, 0.1) is 5.56 Å². The maximum absolute atomic E-state index is 11.1. The zero-order valence-electron chi connectivity index (χ0n) is 8.68. The van der Waals surface area contributed by atoms with Crippen LogP contribution in [0.5, 0.6) is 0 Å². The second-order valence-corrected chi connectivity index (χ2v) is 6.18. The van der Waals surface area contributed by atoms with Gasteiger partial charge in [-0.3, -0.25) is 0 Å². The van der Waals surface area contributed by atoms with Crippen molar-refractivity contribution in [2.75, 3.05) is 0 Å². The first-order valence-corrected chi connectivity index (χ1v) is 7.04. The van der Waals surface area contributed by atoms with E-state index < -0.39 is 5.97 Å². The van der Waals surface area contributed by atoms with Crippen LogP contribution in [0.2, 0.25) is 0 Å². The third-order valence-electron chi connectivity index (χ3n) is 1.83. The summed E-state index contributed by atoms with van der Waals surface area (Å²) in [5, 5.41) is 11.5. The zero-order valence-corrected chi connectivity index (χ0v) is 11.9. The number of pyridine rings is 1. The number of carboxylic acid groups (broad SMARTS) is 1. The summed E-state index contributed by atoms with van der Waals surface area (Å²) in [6.07, 6.45) is 1.58. The predicted molar refractivity (Wildman–Crippen MR) is 69.9 cm³/mol. The molecule has 0 aromatic carbocycles. The highest BCUT2D eigenvalue weighted by Crippen LogP contribution is 2.32. The number of halogens is 1. The summed E-state index contributed by atoms with van der Waals surface area (Å²) in [4.78, 5) is 19.4. The van der Waals surface area contributed by atoms with Crippen LogP contribution >= 0.6 is 39.0 Å². The van der Waals surface area contributed by atoms with Crippen LogP contribution in [0.4, 0.5) is 0 Å². The smallest absolute Gasteiger partial charge is 0.338 e. The number of carbonyl (C=O) groups is 1. The van der Waals surface area contributed by atoms with E-state index in [1.54, 1.807) is 6.20 Å². The number of aryl methyl sites for hydroxylation is 1. The molecule has 1 N–H and O–H groups in total. The minimum atomic E-state index is -0.991. The van der Waals surface area contributed by atoms with Crippen LogP contribution in [0.15, 0.2) is 31.5 Å². The average Bonchev–Trinajstić information content (AvgIpc) is 2.66. The van der Waals surface area contributed by atoms with Crippen molar-refractivity contribution in [1.82, 2.24) is 9.97 Å². The van der Waals surface area contributed by atoms with Gasteiger partial charge in [0.25, 0.3) is 0 Å². The number of hydrogen-bond acceptors (Lipinski definition) is 5. The Balaban J connectivity index is 2.35. The number of hydrogen-bond donors (Lipinski definition) is 1. The average molecular weight is 331 g/mol. The van der Waals surface area contributed by atoms with Gasteiger partial charge >= 0.3 is 5.97 Å². The largest absolute Gasteiger partial charge is 0.478 e. The monoisotopic (exact) mass is 330 g/mol. The lowest BCUT2D eigenvalue weighted by Gasteiger charge is -2.02. The van der Waals surface area contributed by atoms with Crippen LogP contribution in [-0.2, 0) is 0 Å². The van der Waals surface area contributed by atoms with E-state index in [1.165, 1.54) is 29.2 Å². The maximum Gasteiger partial charge on any atom is 0.338 e. The summed E-state index contributed by atoms with van der Waals surface area (Å²) in [5.41, 5.74) is 1.10. The first-order valence-electron chi connectivity index (χ1n) is 4.55. The van der Waals surface area contributed by atoms with Gasteiger partial charge in [-0.05, 0) is 40.7 Å². The first-order chi connectivity index (χ1) is 8.06. The van der Waals surface area contributed by atoms with Gasteiger partial charge in [0.15, 0.2) is 4.34 Å². The topological polar surface area (TPSA) is 63.1 Å². The Hall–Kier alpha value is -0.920. The van der Waals surface area contributed by atoms with Crippen LogP contribution in [0.3, 0.4) is 0 Å². The lowest BCUT2D eigenvalue weighted by Crippen LogP contribution is -2.00. The fourth-order valence-corrected chi connectivity index (χ4v) is 3.27. The maximum atomic E-state index is 11.1. The molecule has 0 saturated carbocycles.